The Kier molecular flexibility index (Phi) is 7.06. The van der Waals surface area contributed by atoms with E-state index < -0.39 is 6.10 Å². The Hall–Kier alpha value is -2.38. The van der Waals surface area contributed by atoms with Crippen molar-refractivity contribution in [1.82, 2.24) is 15.6 Å². The summed E-state index contributed by atoms with van der Waals surface area (Å²) in [5.41, 5.74) is 0.654. The van der Waals surface area contributed by atoms with Crippen molar-refractivity contribution in [2.75, 3.05) is 31.1 Å². The fourth-order valence-electron chi connectivity index (χ4n) is 3.22. The van der Waals surface area contributed by atoms with E-state index in [1.165, 1.54) is 6.07 Å². The quantitative estimate of drug-likeness (QED) is 0.509. The molecule has 1 fully saturated rings. The highest BCUT2D eigenvalue weighted by Crippen LogP contribution is 2.23. The number of aliphatic hydroxyl groups is 1. The van der Waals surface area contributed by atoms with Gasteiger partial charge in [0.2, 0.25) is 0 Å². The third kappa shape index (κ3) is 5.11. The lowest BCUT2D eigenvalue weighted by Crippen LogP contribution is -2.45. The van der Waals surface area contributed by atoms with E-state index in [2.05, 4.69) is 20.6 Å². The first-order chi connectivity index (χ1) is 13.6. The van der Waals surface area contributed by atoms with Crippen LogP contribution in [0.5, 0.6) is 0 Å². The van der Waals surface area contributed by atoms with Crippen molar-refractivity contribution >= 4 is 23.4 Å². The van der Waals surface area contributed by atoms with Gasteiger partial charge in [0.1, 0.15) is 6.10 Å². The number of aliphatic imine (C=N–C) groups is 1. The molecule has 1 saturated heterocycles. The minimum Gasteiger partial charge on any atom is -0.386 e. The molecule has 3 N–H and O–H groups in total. The maximum atomic E-state index is 14.0. The van der Waals surface area contributed by atoms with Gasteiger partial charge in [-0.3, -0.25) is 4.99 Å². The smallest absolute Gasteiger partial charge is 0.191 e. The van der Waals surface area contributed by atoms with Crippen molar-refractivity contribution in [3.8, 4) is 0 Å². The predicted molar refractivity (Wildman–Crippen MR) is 110 cm³/mol. The third-order valence-electron chi connectivity index (χ3n) is 4.60. The summed E-state index contributed by atoms with van der Waals surface area (Å²) in [5, 5.41) is 17.5. The molecule has 0 spiro atoms. The minimum absolute atomic E-state index is 0.108. The molecule has 1 aliphatic rings. The van der Waals surface area contributed by atoms with E-state index in [0.29, 0.717) is 42.0 Å². The van der Waals surface area contributed by atoms with Crippen molar-refractivity contribution in [2.24, 2.45) is 4.99 Å². The van der Waals surface area contributed by atoms with Crippen LogP contribution in [0.3, 0.4) is 0 Å². The summed E-state index contributed by atoms with van der Waals surface area (Å²) in [5.74, 6) is 0.677. The standard InChI is InChI=1S/C20H25ClFN5O/c1-2-23-20(25-12-18(28)15-6-3-4-7-16(15)21)26-14-9-11-27(13-14)19-17(22)8-5-10-24-19/h3-8,10,14,18,28H,2,9,11-13H2,1H3,(H2,23,25,26). The zero-order chi connectivity index (χ0) is 19.9. The molecule has 0 aliphatic carbocycles. The lowest BCUT2D eigenvalue weighted by Gasteiger charge is -2.20. The summed E-state index contributed by atoms with van der Waals surface area (Å²) in [7, 11) is 0. The molecule has 0 radical (unpaired) electrons. The van der Waals surface area contributed by atoms with Gasteiger partial charge in [-0.15, -0.1) is 0 Å². The second kappa shape index (κ2) is 9.71. The van der Waals surface area contributed by atoms with Crippen LogP contribution in [0.2, 0.25) is 5.02 Å². The average Bonchev–Trinajstić information content (AvgIpc) is 3.15. The zero-order valence-corrected chi connectivity index (χ0v) is 16.5. The molecule has 6 nitrogen and oxygen atoms in total. The number of nitrogens with one attached hydrogen (secondary N) is 2. The van der Waals surface area contributed by atoms with Crippen LogP contribution in [0.1, 0.15) is 25.0 Å². The summed E-state index contributed by atoms with van der Waals surface area (Å²) in [6.45, 7) is 4.20. The van der Waals surface area contributed by atoms with Gasteiger partial charge in [-0.1, -0.05) is 29.8 Å². The second-order valence-corrected chi connectivity index (χ2v) is 7.05. The number of guanidine groups is 1. The number of aliphatic hydroxyl groups excluding tert-OH is 1. The molecule has 2 unspecified atom stereocenters. The van der Waals surface area contributed by atoms with Gasteiger partial charge in [0.05, 0.1) is 6.54 Å². The molecule has 1 aromatic carbocycles. The van der Waals surface area contributed by atoms with Crippen LogP contribution in [0.25, 0.3) is 0 Å². The molecular formula is C20H25ClFN5O. The number of rotatable bonds is 6. The molecule has 0 bridgehead atoms. The minimum atomic E-state index is -0.785. The SMILES string of the molecule is CCNC(=NCC(O)c1ccccc1Cl)NC1CCN(c2ncccc2F)C1. The Morgan fingerprint density at radius 1 is 1.39 bits per heavy atom. The molecule has 8 heteroatoms. The topological polar surface area (TPSA) is 72.8 Å². The van der Waals surface area contributed by atoms with Crippen molar-refractivity contribution < 1.29 is 9.50 Å². The molecule has 2 aromatic rings. The molecule has 1 aromatic heterocycles. The Labute approximate surface area is 169 Å². The fourth-order valence-corrected chi connectivity index (χ4v) is 3.48. The number of anilines is 1. The van der Waals surface area contributed by atoms with Crippen molar-refractivity contribution in [3.63, 3.8) is 0 Å². The average molecular weight is 406 g/mol. The summed E-state index contributed by atoms with van der Waals surface area (Å²) in [4.78, 5) is 10.6. The number of hydrogen-bond donors (Lipinski definition) is 3. The van der Waals surface area contributed by atoms with Crippen LogP contribution in [-0.2, 0) is 0 Å². The Morgan fingerprint density at radius 2 is 2.21 bits per heavy atom. The molecule has 1 aliphatic heterocycles. The van der Waals surface area contributed by atoms with E-state index in [1.807, 2.05) is 24.0 Å². The number of hydrogen-bond acceptors (Lipinski definition) is 4. The normalized spacial score (nSPS) is 18.2. The highest BCUT2D eigenvalue weighted by Gasteiger charge is 2.26. The van der Waals surface area contributed by atoms with Crippen LogP contribution < -0.4 is 15.5 Å². The first-order valence-electron chi connectivity index (χ1n) is 9.41. The van der Waals surface area contributed by atoms with Gasteiger partial charge in [0.15, 0.2) is 17.6 Å². The van der Waals surface area contributed by atoms with E-state index in [1.54, 1.807) is 24.4 Å². The molecule has 28 heavy (non-hydrogen) atoms. The van der Waals surface area contributed by atoms with Crippen LogP contribution in [0.4, 0.5) is 10.2 Å². The summed E-state index contributed by atoms with van der Waals surface area (Å²) < 4.78 is 14.0. The first kappa shape index (κ1) is 20.4. The lowest BCUT2D eigenvalue weighted by atomic mass is 10.1. The summed E-state index contributed by atoms with van der Waals surface area (Å²) >= 11 is 6.14. The molecule has 150 valence electrons. The highest BCUT2D eigenvalue weighted by molar-refractivity contribution is 6.31. The molecule has 2 atom stereocenters. The van der Waals surface area contributed by atoms with Crippen LogP contribution >= 0.6 is 11.6 Å². The van der Waals surface area contributed by atoms with E-state index in [-0.39, 0.29) is 18.4 Å². The Morgan fingerprint density at radius 3 is 2.96 bits per heavy atom. The highest BCUT2D eigenvalue weighted by atomic mass is 35.5. The van der Waals surface area contributed by atoms with Crippen molar-refractivity contribution in [2.45, 2.75) is 25.5 Å². The number of nitrogens with zero attached hydrogens (tertiary/aromatic N) is 3. The Bertz CT molecular complexity index is 819. The van der Waals surface area contributed by atoms with Crippen LogP contribution in [0, 0.1) is 5.82 Å². The van der Waals surface area contributed by atoms with Gasteiger partial charge < -0.3 is 20.6 Å². The maximum Gasteiger partial charge on any atom is 0.191 e. The molecular weight excluding hydrogens is 381 g/mol. The van der Waals surface area contributed by atoms with Gasteiger partial charge in [0, 0.05) is 42.5 Å². The maximum absolute atomic E-state index is 14.0. The van der Waals surface area contributed by atoms with Gasteiger partial charge >= 0.3 is 0 Å². The summed E-state index contributed by atoms with van der Waals surface area (Å²) in [6, 6.07) is 10.3. The zero-order valence-electron chi connectivity index (χ0n) is 15.8. The van der Waals surface area contributed by atoms with Crippen LogP contribution in [-0.4, -0.2) is 48.3 Å². The Balaban J connectivity index is 1.61. The molecule has 0 amide bonds. The van der Waals surface area contributed by atoms with E-state index >= 15 is 0 Å². The van der Waals surface area contributed by atoms with E-state index in [0.717, 1.165) is 6.42 Å². The first-order valence-corrected chi connectivity index (χ1v) is 9.79. The number of benzene rings is 1. The van der Waals surface area contributed by atoms with Crippen molar-refractivity contribution in [3.05, 3.63) is 59.0 Å². The van der Waals surface area contributed by atoms with Gasteiger partial charge in [-0.05, 0) is 31.5 Å². The van der Waals surface area contributed by atoms with E-state index in [9.17, 15) is 9.50 Å². The largest absolute Gasteiger partial charge is 0.386 e. The second-order valence-electron chi connectivity index (χ2n) is 6.64. The van der Waals surface area contributed by atoms with Gasteiger partial charge in [0.25, 0.3) is 0 Å². The van der Waals surface area contributed by atoms with Gasteiger partial charge in [-0.25, -0.2) is 9.37 Å². The van der Waals surface area contributed by atoms with Gasteiger partial charge in [-0.2, -0.15) is 0 Å². The number of halogens is 2. The fraction of sp³-hybridized carbons (Fsp3) is 0.400. The monoisotopic (exact) mass is 405 g/mol. The van der Waals surface area contributed by atoms with E-state index in [4.69, 9.17) is 11.6 Å². The predicted octanol–water partition coefficient (Wildman–Crippen LogP) is 2.74. The third-order valence-corrected chi connectivity index (χ3v) is 4.94. The number of pyridine rings is 1. The number of aromatic nitrogens is 1. The molecule has 3 rings (SSSR count). The van der Waals surface area contributed by atoms with Crippen LogP contribution in [0.15, 0.2) is 47.6 Å². The van der Waals surface area contributed by atoms with Crippen molar-refractivity contribution in [1.29, 1.82) is 0 Å². The summed E-state index contributed by atoms with van der Waals surface area (Å²) in [6.07, 6.45) is 1.65. The lowest BCUT2D eigenvalue weighted by molar-refractivity contribution is 0.187. The molecule has 2 heterocycles. The molecule has 0 saturated carbocycles.